The number of aromatic nitrogens is 2. The van der Waals surface area contributed by atoms with E-state index in [-0.39, 0.29) is 17.8 Å². The van der Waals surface area contributed by atoms with E-state index in [2.05, 4.69) is 10.3 Å². The van der Waals surface area contributed by atoms with Crippen molar-refractivity contribution in [3.8, 4) is 6.07 Å². The van der Waals surface area contributed by atoms with Crippen LogP contribution in [0, 0.1) is 11.3 Å². The number of halogens is 1. The molecule has 0 aliphatic rings. The first-order chi connectivity index (χ1) is 10.2. The highest BCUT2D eigenvalue weighted by Crippen LogP contribution is 2.21. The van der Waals surface area contributed by atoms with Gasteiger partial charge in [0.25, 0.3) is 0 Å². The number of nitrogens with zero attached hydrogens (tertiary/aromatic N) is 3. The number of imidazole rings is 1. The van der Waals surface area contributed by atoms with E-state index in [1.54, 1.807) is 4.57 Å². The second-order valence-corrected chi connectivity index (χ2v) is 5.00. The minimum Gasteiger partial charge on any atom is -0.394 e. The molecule has 0 aliphatic heterocycles. The minimum atomic E-state index is -0.192. The van der Waals surface area contributed by atoms with Crippen molar-refractivity contribution < 1.29 is 5.11 Å². The van der Waals surface area contributed by atoms with Gasteiger partial charge in [-0.1, -0.05) is 41.9 Å². The number of aliphatic hydroxyl groups excluding tert-OH is 1. The molecule has 0 saturated carbocycles. The molecule has 2 N–H and O–H groups in total. The molecule has 1 aromatic heterocycles. The van der Waals surface area contributed by atoms with E-state index in [0.29, 0.717) is 24.6 Å². The molecule has 21 heavy (non-hydrogen) atoms. The molecule has 0 spiro atoms. The summed E-state index contributed by atoms with van der Waals surface area (Å²) in [5.41, 5.74) is 1.45. The summed E-state index contributed by atoms with van der Waals surface area (Å²) >= 11 is 5.96. The van der Waals surface area contributed by atoms with Crippen LogP contribution >= 0.6 is 11.6 Å². The summed E-state index contributed by atoms with van der Waals surface area (Å²) in [6.07, 6.45) is 0.660. The Labute approximate surface area is 128 Å². The number of rotatable bonds is 6. The SMILES string of the molecule is CCn1c(NC(CO)Cc2ccccc2)nc(Cl)c1C#N. The second-order valence-electron chi connectivity index (χ2n) is 4.64. The molecule has 1 atom stereocenters. The Morgan fingerprint density at radius 1 is 1.43 bits per heavy atom. The Hall–Kier alpha value is -2.03. The lowest BCUT2D eigenvalue weighted by molar-refractivity contribution is 0.273. The van der Waals surface area contributed by atoms with Gasteiger partial charge in [-0.3, -0.25) is 0 Å². The number of nitrogens with one attached hydrogen (secondary N) is 1. The fraction of sp³-hybridized carbons (Fsp3) is 0.333. The van der Waals surface area contributed by atoms with Gasteiger partial charge in [0.1, 0.15) is 6.07 Å². The fourth-order valence-electron chi connectivity index (χ4n) is 2.19. The number of benzene rings is 1. The van der Waals surface area contributed by atoms with E-state index in [1.807, 2.05) is 43.3 Å². The van der Waals surface area contributed by atoms with Gasteiger partial charge >= 0.3 is 0 Å². The average molecular weight is 305 g/mol. The average Bonchev–Trinajstić information content (AvgIpc) is 2.82. The molecule has 1 unspecified atom stereocenters. The third kappa shape index (κ3) is 3.54. The maximum atomic E-state index is 9.55. The number of nitriles is 1. The topological polar surface area (TPSA) is 73.9 Å². The van der Waals surface area contributed by atoms with Crippen LogP contribution in [0.2, 0.25) is 5.15 Å². The highest BCUT2D eigenvalue weighted by molar-refractivity contribution is 6.30. The maximum absolute atomic E-state index is 9.55. The van der Waals surface area contributed by atoms with Crippen molar-refractivity contribution in [2.45, 2.75) is 25.9 Å². The standard InChI is InChI=1S/C15H17ClN4O/c1-2-20-13(9-17)14(16)19-15(20)18-12(10-21)8-11-6-4-3-5-7-11/h3-7,12,21H,2,8,10H2,1H3,(H,18,19). The second kappa shape index (κ2) is 7.11. The van der Waals surface area contributed by atoms with Gasteiger partial charge in [0.05, 0.1) is 12.6 Å². The molecule has 110 valence electrons. The molecule has 0 fully saturated rings. The third-order valence-corrected chi connectivity index (χ3v) is 3.49. The summed E-state index contributed by atoms with van der Waals surface area (Å²) in [5.74, 6) is 0.508. The Balaban J connectivity index is 2.18. The van der Waals surface area contributed by atoms with Gasteiger partial charge in [0.2, 0.25) is 5.95 Å². The van der Waals surface area contributed by atoms with Gasteiger partial charge < -0.3 is 15.0 Å². The molecule has 0 aliphatic carbocycles. The fourth-order valence-corrected chi connectivity index (χ4v) is 2.41. The van der Waals surface area contributed by atoms with Crippen LogP contribution in [0.4, 0.5) is 5.95 Å². The first-order valence-corrected chi connectivity index (χ1v) is 7.14. The molecule has 0 amide bonds. The molecule has 2 rings (SSSR count). The molecule has 6 heteroatoms. The van der Waals surface area contributed by atoms with Crippen LogP contribution in [0.15, 0.2) is 30.3 Å². The van der Waals surface area contributed by atoms with Crippen molar-refractivity contribution >= 4 is 17.5 Å². The van der Waals surface area contributed by atoms with E-state index in [1.165, 1.54) is 0 Å². The van der Waals surface area contributed by atoms with Crippen LogP contribution in [-0.4, -0.2) is 27.3 Å². The quantitative estimate of drug-likeness (QED) is 0.859. The first-order valence-electron chi connectivity index (χ1n) is 6.77. The summed E-state index contributed by atoms with van der Waals surface area (Å²) in [4.78, 5) is 4.17. The summed E-state index contributed by atoms with van der Waals surface area (Å²) in [7, 11) is 0. The molecular formula is C15H17ClN4O. The van der Waals surface area contributed by atoms with E-state index < -0.39 is 0 Å². The van der Waals surface area contributed by atoms with Gasteiger partial charge in [-0.05, 0) is 18.9 Å². The molecule has 5 nitrogen and oxygen atoms in total. The van der Waals surface area contributed by atoms with Gasteiger partial charge in [0, 0.05) is 6.54 Å². The Morgan fingerprint density at radius 2 is 2.14 bits per heavy atom. The molecule has 0 saturated heterocycles. The highest BCUT2D eigenvalue weighted by Gasteiger charge is 2.17. The number of hydrogen-bond donors (Lipinski definition) is 2. The van der Waals surface area contributed by atoms with Crippen molar-refractivity contribution in [3.63, 3.8) is 0 Å². The molecule has 0 bridgehead atoms. The molecule has 0 radical (unpaired) electrons. The van der Waals surface area contributed by atoms with Crippen molar-refractivity contribution in [2.75, 3.05) is 11.9 Å². The number of anilines is 1. The lowest BCUT2D eigenvalue weighted by atomic mass is 10.1. The lowest BCUT2D eigenvalue weighted by Crippen LogP contribution is -2.28. The van der Waals surface area contributed by atoms with Gasteiger partial charge in [0.15, 0.2) is 10.8 Å². The number of hydrogen-bond acceptors (Lipinski definition) is 4. The summed E-state index contributed by atoms with van der Waals surface area (Å²) in [5, 5.41) is 22.0. The Bertz CT molecular complexity index is 633. The molecule has 2 aromatic rings. The third-order valence-electron chi connectivity index (χ3n) is 3.23. The lowest BCUT2D eigenvalue weighted by Gasteiger charge is -2.17. The largest absolute Gasteiger partial charge is 0.394 e. The predicted octanol–water partition coefficient (Wildman–Crippen LogP) is 2.44. The Morgan fingerprint density at radius 3 is 2.71 bits per heavy atom. The molecule has 1 heterocycles. The summed E-state index contributed by atoms with van der Waals surface area (Å²) in [6, 6.07) is 11.7. The zero-order valence-electron chi connectivity index (χ0n) is 11.8. The maximum Gasteiger partial charge on any atom is 0.205 e. The van der Waals surface area contributed by atoms with Crippen LogP contribution < -0.4 is 5.32 Å². The van der Waals surface area contributed by atoms with E-state index >= 15 is 0 Å². The van der Waals surface area contributed by atoms with Crippen molar-refractivity contribution in [1.82, 2.24) is 9.55 Å². The van der Waals surface area contributed by atoms with Gasteiger partial charge in [-0.25, -0.2) is 0 Å². The predicted molar refractivity (Wildman–Crippen MR) is 82.3 cm³/mol. The number of aliphatic hydroxyl groups is 1. The summed E-state index contributed by atoms with van der Waals surface area (Å²) in [6.45, 7) is 2.45. The van der Waals surface area contributed by atoms with E-state index in [4.69, 9.17) is 16.9 Å². The first kappa shape index (κ1) is 15.4. The monoisotopic (exact) mass is 304 g/mol. The van der Waals surface area contributed by atoms with Crippen LogP contribution in [0.3, 0.4) is 0 Å². The van der Waals surface area contributed by atoms with Crippen LogP contribution in [0.25, 0.3) is 0 Å². The normalized spacial score (nSPS) is 11.9. The smallest absolute Gasteiger partial charge is 0.205 e. The van der Waals surface area contributed by atoms with Crippen molar-refractivity contribution in [2.24, 2.45) is 0 Å². The minimum absolute atomic E-state index is 0.0367. The zero-order chi connectivity index (χ0) is 15.2. The van der Waals surface area contributed by atoms with Crippen LogP contribution in [0.5, 0.6) is 0 Å². The van der Waals surface area contributed by atoms with Crippen molar-refractivity contribution in [3.05, 3.63) is 46.7 Å². The van der Waals surface area contributed by atoms with Crippen molar-refractivity contribution in [1.29, 1.82) is 5.26 Å². The summed E-state index contributed by atoms with van der Waals surface area (Å²) < 4.78 is 1.70. The van der Waals surface area contributed by atoms with Crippen LogP contribution in [-0.2, 0) is 13.0 Å². The van der Waals surface area contributed by atoms with E-state index in [9.17, 15) is 5.11 Å². The Kier molecular flexibility index (Phi) is 5.20. The highest BCUT2D eigenvalue weighted by atomic mass is 35.5. The van der Waals surface area contributed by atoms with E-state index in [0.717, 1.165) is 5.56 Å². The van der Waals surface area contributed by atoms with Gasteiger partial charge in [-0.2, -0.15) is 10.2 Å². The van der Waals surface area contributed by atoms with Gasteiger partial charge in [-0.15, -0.1) is 0 Å². The molecule has 1 aromatic carbocycles. The zero-order valence-corrected chi connectivity index (χ0v) is 12.5. The van der Waals surface area contributed by atoms with Crippen LogP contribution in [0.1, 0.15) is 18.2 Å². The molecular weight excluding hydrogens is 288 g/mol.